The zero-order valence-corrected chi connectivity index (χ0v) is 10.9. The first kappa shape index (κ1) is 11.2. The molecule has 98 valence electrons. The van der Waals surface area contributed by atoms with Crippen molar-refractivity contribution in [2.24, 2.45) is 11.8 Å². The second-order valence-corrected chi connectivity index (χ2v) is 5.63. The van der Waals surface area contributed by atoms with Crippen LogP contribution in [0.4, 0.5) is 5.82 Å². The Labute approximate surface area is 112 Å². The Balaban J connectivity index is 1.63. The second-order valence-electron chi connectivity index (χ2n) is 5.63. The van der Waals surface area contributed by atoms with Crippen LogP contribution in [0.2, 0.25) is 0 Å². The first-order valence-corrected chi connectivity index (χ1v) is 7.07. The molecule has 2 atom stereocenters. The molecular weight excluding hydrogens is 236 g/mol. The fraction of sp³-hybridized carbons (Fsp3) is 0.467. The summed E-state index contributed by atoms with van der Waals surface area (Å²) in [6.07, 6.45) is 3.19. The predicted octanol–water partition coefficient (Wildman–Crippen LogP) is 1.68. The summed E-state index contributed by atoms with van der Waals surface area (Å²) in [4.78, 5) is 11.7. The van der Waals surface area contributed by atoms with Crippen LogP contribution in [0.3, 0.4) is 0 Å². The summed E-state index contributed by atoms with van der Waals surface area (Å²) in [6, 6.07) is 8.08. The van der Waals surface area contributed by atoms with Gasteiger partial charge in [0.1, 0.15) is 5.82 Å². The van der Waals surface area contributed by atoms with E-state index < -0.39 is 0 Å². The molecule has 19 heavy (non-hydrogen) atoms. The van der Waals surface area contributed by atoms with Crippen LogP contribution >= 0.6 is 0 Å². The number of fused-ring (bicyclic) bond motifs is 2. The van der Waals surface area contributed by atoms with Gasteiger partial charge in [-0.15, -0.1) is 0 Å². The number of aromatic nitrogens is 2. The molecule has 1 aromatic heterocycles. The first-order valence-electron chi connectivity index (χ1n) is 7.07. The molecule has 3 heterocycles. The van der Waals surface area contributed by atoms with E-state index in [4.69, 9.17) is 4.98 Å². The number of para-hydroxylation sites is 2. The van der Waals surface area contributed by atoms with Crippen molar-refractivity contribution in [1.82, 2.24) is 15.3 Å². The molecular formula is C15H18N4. The van der Waals surface area contributed by atoms with E-state index in [2.05, 4.69) is 15.2 Å². The van der Waals surface area contributed by atoms with E-state index in [1.54, 1.807) is 0 Å². The molecule has 2 aliphatic heterocycles. The van der Waals surface area contributed by atoms with Crippen molar-refractivity contribution >= 4 is 16.9 Å². The highest BCUT2D eigenvalue weighted by Crippen LogP contribution is 2.29. The van der Waals surface area contributed by atoms with Crippen LogP contribution in [0.1, 0.15) is 6.42 Å². The van der Waals surface area contributed by atoms with E-state index in [-0.39, 0.29) is 0 Å². The quantitative estimate of drug-likeness (QED) is 0.840. The van der Waals surface area contributed by atoms with Gasteiger partial charge in [0, 0.05) is 13.1 Å². The third-order valence-electron chi connectivity index (χ3n) is 4.46. The molecule has 0 radical (unpaired) electrons. The maximum absolute atomic E-state index is 4.76. The average molecular weight is 254 g/mol. The molecule has 2 aromatic rings. The van der Waals surface area contributed by atoms with Crippen LogP contribution in [-0.4, -0.2) is 36.1 Å². The molecule has 4 rings (SSSR count). The van der Waals surface area contributed by atoms with E-state index in [0.717, 1.165) is 48.3 Å². The SMILES string of the molecule is c1ccc2nc(N3CCC4CNCC4C3)cnc2c1. The predicted molar refractivity (Wildman–Crippen MR) is 76.2 cm³/mol. The average Bonchev–Trinajstić information content (AvgIpc) is 2.94. The number of benzene rings is 1. The Kier molecular flexibility index (Phi) is 2.62. The Hall–Kier alpha value is -1.68. The van der Waals surface area contributed by atoms with Crippen LogP contribution in [0.15, 0.2) is 30.5 Å². The van der Waals surface area contributed by atoms with Crippen molar-refractivity contribution in [3.63, 3.8) is 0 Å². The third-order valence-corrected chi connectivity index (χ3v) is 4.46. The van der Waals surface area contributed by atoms with Crippen LogP contribution in [0, 0.1) is 11.8 Å². The Morgan fingerprint density at radius 3 is 2.89 bits per heavy atom. The minimum Gasteiger partial charge on any atom is -0.355 e. The van der Waals surface area contributed by atoms with Crippen LogP contribution in [0.5, 0.6) is 0 Å². The molecule has 4 nitrogen and oxygen atoms in total. The summed E-state index contributed by atoms with van der Waals surface area (Å²) < 4.78 is 0. The normalized spacial score (nSPS) is 26.6. The van der Waals surface area contributed by atoms with Gasteiger partial charge in [0.2, 0.25) is 0 Å². The molecule has 2 aliphatic rings. The molecule has 2 unspecified atom stereocenters. The van der Waals surface area contributed by atoms with E-state index in [1.807, 2.05) is 30.5 Å². The lowest BCUT2D eigenvalue weighted by molar-refractivity contribution is 0.347. The number of anilines is 1. The topological polar surface area (TPSA) is 41.1 Å². The first-order chi connectivity index (χ1) is 9.40. The molecule has 0 aliphatic carbocycles. The summed E-state index contributed by atoms with van der Waals surface area (Å²) in [7, 11) is 0. The van der Waals surface area contributed by atoms with Gasteiger partial charge < -0.3 is 10.2 Å². The molecule has 0 saturated carbocycles. The lowest BCUT2D eigenvalue weighted by atomic mass is 9.89. The van der Waals surface area contributed by atoms with Crippen LogP contribution in [-0.2, 0) is 0 Å². The van der Waals surface area contributed by atoms with Crippen molar-refractivity contribution < 1.29 is 0 Å². The van der Waals surface area contributed by atoms with E-state index in [1.165, 1.54) is 13.0 Å². The monoisotopic (exact) mass is 254 g/mol. The van der Waals surface area contributed by atoms with Crippen LogP contribution < -0.4 is 10.2 Å². The zero-order chi connectivity index (χ0) is 12.7. The van der Waals surface area contributed by atoms with Gasteiger partial charge in [0.05, 0.1) is 17.2 Å². The van der Waals surface area contributed by atoms with Gasteiger partial charge in [-0.3, -0.25) is 4.98 Å². The van der Waals surface area contributed by atoms with Gasteiger partial charge in [-0.2, -0.15) is 0 Å². The molecule has 0 bridgehead atoms. The molecule has 1 N–H and O–H groups in total. The molecule has 0 spiro atoms. The smallest absolute Gasteiger partial charge is 0.147 e. The number of rotatable bonds is 1. The number of hydrogen-bond acceptors (Lipinski definition) is 4. The van der Waals surface area contributed by atoms with Crippen molar-refractivity contribution in [2.45, 2.75) is 6.42 Å². The van der Waals surface area contributed by atoms with Crippen molar-refractivity contribution in [3.8, 4) is 0 Å². The standard InChI is InChI=1S/C15H18N4/c1-2-4-14-13(3-1)17-9-15(18-14)19-6-5-11-7-16-8-12(11)10-19/h1-4,9,11-12,16H,5-8,10H2. The van der Waals surface area contributed by atoms with Gasteiger partial charge in [-0.05, 0) is 43.5 Å². The Bertz CT molecular complexity index is 597. The van der Waals surface area contributed by atoms with Gasteiger partial charge in [0.25, 0.3) is 0 Å². The highest BCUT2D eigenvalue weighted by molar-refractivity contribution is 5.75. The minimum absolute atomic E-state index is 0.780. The molecule has 4 heteroatoms. The van der Waals surface area contributed by atoms with Crippen LogP contribution in [0.25, 0.3) is 11.0 Å². The molecule has 2 fully saturated rings. The fourth-order valence-corrected chi connectivity index (χ4v) is 3.34. The molecule has 2 saturated heterocycles. The van der Waals surface area contributed by atoms with E-state index in [9.17, 15) is 0 Å². The van der Waals surface area contributed by atoms with Crippen molar-refractivity contribution in [2.75, 3.05) is 31.1 Å². The summed E-state index contributed by atoms with van der Waals surface area (Å²) in [5.41, 5.74) is 1.97. The largest absolute Gasteiger partial charge is 0.355 e. The number of piperidine rings is 1. The second kappa shape index (κ2) is 4.46. The fourth-order valence-electron chi connectivity index (χ4n) is 3.34. The minimum atomic E-state index is 0.780. The Morgan fingerprint density at radius 1 is 1.11 bits per heavy atom. The zero-order valence-electron chi connectivity index (χ0n) is 10.9. The maximum atomic E-state index is 4.76. The lowest BCUT2D eigenvalue weighted by Gasteiger charge is -2.35. The summed E-state index contributed by atoms with van der Waals surface area (Å²) >= 11 is 0. The third kappa shape index (κ3) is 1.96. The maximum Gasteiger partial charge on any atom is 0.147 e. The Morgan fingerprint density at radius 2 is 1.95 bits per heavy atom. The molecule has 0 amide bonds. The van der Waals surface area contributed by atoms with E-state index >= 15 is 0 Å². The van der Waals surface area contributed by atoms with E-state index in [0.29, 0.717) is 0 Å². The number of nitrogens with zero attached hydrogens (tertiary/aromatic N) is 3. The summed E-state index contributed by atoms with van der Waals surface area (Å²) in [5.74, 6) is 2.68. The van der Waals surface area contributed by atoms with Crippen molar-refractivity contribution in [1.29, 1.82) is 0 Å². The summed E-state index contributed by atoms with van der Waals surface area (Å²) in [6.45, 7) is 4.57. The number of nitrogens with one attached hydrogen (secondary N) is 1. The van der Waals surface area contributed by atoms with Gasteiger partial charge in [-0.1, -0.05) is 12.1 Å². The van der Waals surface area contributed by atoms with Crippen molar-refractivity contribution in [3.05, 3.63) is 30.5 Å². The van der Waals surface area contributed by atoms with Gasteiger partial charge in [-0.25, -0.2) is 4.98 Å². The number of hydrogen-bond donors (Lipinski definition) is 1. The highest BCUT2D eigenvalue weighted by Gasteiger charge is 2.33. The highest BCUT2D eigenvalue weighted by atomic mass is 15.2. The van der Waals surface area contributed by atoms with Gasteiger partial charge in [0.15, 0.2) is 0 Å². The molecule has 1 aromatic carbocycles. The van der Waals surface area contributed by atoms with Gasteiger partial charge >= 0.3 is 0 Å². The summed E-state index contributed by atoms with van der Waals surface area (Å²) in [5, 5.41) is 3.50. The lowest BCUT2D eigenvalue weighted by Crippen LogP contribution is -2.40.